The third-order valence-corrected chi connectivity index (χ3v) is 5.96. The van der Waals surface area contributed by atoms with E-state index in [2.05, 4.69) is 69.3 Å². The molecule has 1 aromatic carbocycles. The summed E-state index contributed by atoms with van der Waals surface area (Å²) in [7, 11) is 4.17. The largest absolute Gasteiger partial charge is 0.381 e. The van der Waals surface area contributed by atoms with Gasteiger partial charge in [-0.05, 0) is 60.3 Å². The maximum absolute atomic E-state index is 3.85. The normalized spacial score (nSPS) is 34.2. The van der Waals surface area contributed by atoms with Gasteiger partial charge in [0, 0.05) is 31.5 Å². The van der Waals surface area contributed by atoms with Gasteiger partial charge in [0.2, 0.25) is 0 Å². The van der Waals surface area contributed by atoms with E-state index in [1.165, 1.54) is 30.6 Å². The predicted molar refractivity (Wildman–Crippen MR) is 87.4 cm³/mol. The summed E-state index contributed by atoms with van der Waals surface area (Å²) < 4.78 is 0. The molecule has 2 nitrogen and oxygen atoms in total. The topological polar surface area (TPSA) is 15.3 Å². The fourth-order valence-corrected chi connectivity index (χ4v) is 4.68. The maximum Gasteiger partial charge on any atom is 0.0368 e. The van der Waals surface area contributed by atoms with Crippen LogP contribution >= 0.6 is 0 Å². The summed E-state index contributed by atoms with van der Waals surface area (Å²) in [6.07, 6.45) is 4.20. The van der Waals surface area contributed by atoms with Gasteiger partial charge in [0.25, 0.3) is 0 Å². The molecular formula is C18H28N2. The van der Waals surface area contributed by atoms with E-state index in [9.17, 15) is 0 Å². The minimum atomic E-state index is 0.410. The van der Waals surface area contributed by atoms with Crippen molar-refractivity contribution in [1.82, 2.24) is 0 Å². The van der Waals surface area contributed by atoms with Crippen LogP contribution in [-0.4, -0.2) is 20.1 Å². The van der Waals surface area contributed by atoms with E-state index in [1.54, 1.807) is 0 Å². The van der Waals surface area contributed by atoms with E-state index in [0.29, 0.717) is 16.9 Å². The minimum absolute atomic E-state index is 0.410. The molecule has 2 fully saturated rings. The van der Waals surface area contributed by atoms with Crippen LogP contribution in [0.25, 0.3) is 0 Å². The third kappa shape index (κ3) is 2.01. The first-order chi connectivity index (χ1) is 9.33. The van der Waals surface area contributed by atoms with Crippen molar-refractivity contribution in [2.45, 2.75) is 46.1 Å². The van der Waals surface area contributed by atoms with Crippen LogP contribution in [0.3, 0.4) is 0 Å². The molecule has 1 unspecified atom stereocenters. The van der Waals surface area contributed by atoms with Crippen molar-refractivity contribution in [3.63, 3.8) is 0 Å². The highest BCUT2D eigenvalue weighted by Crippen LogP contribution is 2.63. The molecule has 2 heteroatoms. The van der Waals surface area contributed by atoms with E-state index in [1.807, 2.05) is 0 Å². The molecule has 2 saturated carbocycles. The number of benzene rings is 1. The highest BCUT2D eigenvalue weighted by atomic mass is 15.1. The lowest BCUT2D eigenvalue weighted by molar-refractivity contribution is 0.155. The predicted octanol–water partition coefficient (Wildman–Crippen LogP) is 4.38. The molecule has 1 aromatic rings. The molecule has 110 valence electrons. The van der Waals surface area contributed by atoms with Crippen molar-refractivity contribution >= 4 is 11.4 Å². The van der Waals surface area contributed by atoms with Crippen molar-refractivity contribution in [3.8, 4) is 0 Å². The summed E-state index contributed by atoms with van der Waals surface area (Å²) in [5.74, 6) is 0.894. The molecular weight excluding hydrogens is 244 g/mol. The van der Waals surface area contributed by atoms with Gasteiger partial charge in [-0.2, -0.15) is 0 Å². The Balaban J connectivity index is 1.80. The highest BCUT2D eigenvalue weighted by molar-refractivity contribution is 5.55. The summed E-state index contributed by atoms with van der Waals surface area (Å²) >= 11 is 0. The summed E-state index contributed by atoms with van der Waals surface area (Å²) in [4.78, 5) is 2.15. The number of nitrogens with zero attached hydrogens (tertiary/aromatic N) is 1. The second-order valence-corrected chi connectivity index (χ2v) is 7.93. The van der Waals surface area contributed by atoms with Gasteiger partial charge >= 0.3 is 0 Å². The molecule has 2 aliphatic carbocycles. The molecule has 2 aliphatic rings. The summed E-state index contributed by atoms with van der Waals surface area (Å²) in [5.41, 5.74) is 3.41. The second kappa shape index (κ2) is 4.41. The molecule has 2 bridgehead atoms. The number of rotatable bonds is 3. The fraction of sp³-hybridized carbons (Fsp3) is 0.667. The summed E-state index contributed by atoms with van der Waals surface area (Å²) in [6.45, 7) is 7.38. The number of fused-ring (bicyclic) bond motifs is 2. The maximum atomic E-state index is 3.85. The Hall–Kier alpha value is -1.18. The zero-order valence-electron chi connectivity index (χ0n) is 13.5. The monoisotopic (exact) mass is 272 g/mol. The van der Waals surface area contributed by atoms with Crippen LogP contribution in [-0.2, 0) is 0 Å². The molecule has 1 N–H and O–H groups in total. The van der Waals surface area contributed by atoms with Crippen molar-refractivity contribution < 1.29 is 0 Å². The molecule has 3 atom stereocenters. The molecule has 0 heterocycles. The van der Waals surface area contributed by atoms with E-state index < -0.39 is 0 Å². The molecule has 0 radical (unpaired) electrons. The van der Waals surface area contributed by atoms with Crippen molar-refractivity contribution in [2.24, 2.45) is 16.7 Å². The van der Waals surface area contributed by atoms with Gasteiger partial charge < -0.3 is 10.2 Å². The Morgan fingerprint density at radius 1 is 1.10 bits per heavy atom. The van der Waals surface area contributed by atoms with Crippen molar-refractivity contribution in [1.29, 1.82) is 0 Å². The molecule has 0 saturated heterocycles. The van der Waals surface area contributed by atoms with Crippen molar-refractivity contribution in [2.75, 3.05) is 24.3 Å². The highest BCUT2D eigenvalue weighted by Gasteiger charge is 2.59. The smallest absolute Gasteiger partial charge is 0.0368 e. The van der Waals surface area contributed by atoms with Crippen LogP contribution in [0, 0.1) is 16.7 Å². The lowest BCUT2D eigenvalue weighted by Gasteiger charge is -2.43. The number of anilines is 2. The van der Waals surface area contributed by atoms with E-state index >= 15 is 0 Å². The zero-order chi connectivity index (χ0) is 14.5. The van der Waals surface area contributed by atoms with Gasteiger partial charge in [0.1, 0.15) is 0 Å². The number of nitrogens with one attached hydrogen (secondary N) is 1. The molecule has 20 heavy (non-hydrogen) atoms. The van der Waals surface area contributed by atoms with Gasteiger partial charge in [-0.3, -0.25) is 0 Å². The van der Waals surface area contributed by atoms with Crippen LogP contribution in [0.4, 0.5) is 11.4 Å². The van der Waals surface area contributed by atoms with Gasteiger partial charge in [-0.25, -0.2) is 0 Å². The Morgan fingerprint density at radius 2 is 1.75 bits per heavy atom. The lowest BCUT2D eigenvalue weighted by atomic mass is 9.68. The standard InChI is InChI=1S/C18H28N2/c1-17(2)13-10-11-18(3,12-13)16(17)19-14-6-8-15(9-7-14)20(4)5/h6-9,13,16,19H,10-12H2,1-5H3/t13-,16?,18+/m0/s1. The quantitative estimate of drug-likeness (QED) is 0.878. The van der Waals surface area contributed by atoms with Crippen LogP contribution in [0.2, 0.25) is 0 Å². The first kappa shape index (κ1) is 13.8. The SMILES string of the molecule is CN(C)c1ccc(NC2C(C)(C)[C@H]3CC[C@]2(C)C3)cc1. The van der Waals surface area contributed by atoms with Gasteiger partial charge in [-0.1, -0.05) is 20.8 Å². The Bertz CT molecular complexity index is 484. The van der Waals surface area contributed by atoms with Crippen molar-refractivity contribution in [3.05, 3.63) is 24.3 Å². The minimum Gasteiger partial charge on any atom is -0.381 e. The van der Waals surface area contributed by atoms with Crippen LogP contribution in [0.15, 0.2) is 24.3 Å². The Morgan fingerprint density at radius 3 is 2.25 bits per heavy atom. The fourth-order valence-electron chi connectivity index (χ4n) is 4.68. The van der Waals surface area contributed by atoms with E-state index in [0.717, 1.165) is 5.92 Å². The van der Waals surface area contributed by atoms with Gasteiger partial charge in [-0.15, -0.1) is 0 Å². The lowest BCUT2D eigenvalue weighted by Crippen LogP contribution is -2.45. The number of hydrogen-bond donors (Lipinski definition) is 1. The summed E-state index contributed by atoms with van der Waals surface area (Å²) in [5, 5.41) is 3.85. The van der Waals surface area contributed by atoms with Crippen LogP contribution < -0.4 is 10.2 Å². The van der Waals surface area contributed by atoms with E-state index in [4.69, 9.17) is 0 Å². The van der Waals surface area contributed by atoms with Crippen LogP contribution in [0.5, 0.6) is 0 Å². The van der Waals surface area contributed by atoms with E-state index in [-0.39, 0.29) is 0 Å². The molecule has 0 spiro atoms. The Kier molecular flexibility index (Phi) is 3.04. The number of hydrogen-bond acceptors (Lipinski definition) is 2. The molecule has 0 aromatic heterocycles. The first-order valence-electron chi connectivity index (χ1n) is 7.87. The summed E-state index contributed by atoms with van der Waals surface area (Å²) in [6, 6.07) is 9.44. The molecule has 0 aliphatic heterocycles. The van der Waals surface area contributed by atoms with Crippen LogP contribution in [0.1, 0.15) is 40.0 Å². The average Bonchev–Trinajstić information content (AvgIpc) is 2.86. The average molecular weight is 272 g/mol. The van der Waals surface area contributed by atoms with Gasteiger partial charge in [0.05, 0.1) is 0 Å². The first-order valence-corrected chi connectivity index (χ1v) is 7.87. The molecule has 0 amide bonds. The zero-order valence-corrected chi connectivity index (χ0v) is 13.5. The molecule has 3 rings (SSSR count). The second-order valence-electron chi connectivity index (χ2n) is 7.93. The third-order valence-electron chi connectivity index (χ3n) is 5.96. The van der Waals surface area contributed by atoms with Gasteiger partial charge in [0.15, 0.2) is 0 Å². The Labute approximate surface area is 123 Å².